The second-order valence-electron chi connectivity index (χ2n) is 4.01. The van der Waals surface area contributed by atoms with Gasteiger partial charge in [-0.25, -0.2) is 9.69 Å². The van der Waals surface area contributed by atoms with Crippen LogP contribution in [0, 0.1) is 0 Å². The van der Waals surface area contributed by atoms with Gasteiger partial charge in [0.15, 0.2) is 0 Å². The van der Waals surface area contributed by atoms with Crippen LogP contribution >= 0.6 is 0 Å². The molecular formula is C14H11NO4. The van der Waals surface area contributed by atoms with Crippen LogP contribution in [0.15, 0.2) is 48.6 Å². The maximum Gasteiger partial charge on any atom is 0.338 e. The lowest BCUT2D eigenvalue weighted by Crippen LogP contribution is -2.29. The molecule has 0 N–H and O–H groups in total. The number of amides is 2. The number of benzene rings is 1. The van der Waals surface area contributed by atoms with Gasteiger partial charge in [-0.15, -0.1) is 0 Å². The van der Waals surface area contributed by atoms with Crippen molar-refractivity contribution in [3.8, 4) is 5.75 Å². The van der Waals surface area contributed by atoms with Crippen LogP contribution < -0.4 is 9.64 Å². The normalized spacial score (nSPS) is 13.8. The highest BCUT2D eigenvalue weighted by molar-refractivity contribution is 6.28. The molecule has 0 bridgehead atoms. The monoisotopic (exact) mass is 257 g/mol. The molecule has 2 rings (SSSR count). The minimum absolute atomic E-state index is 0.248. The zero-order valence-electron chi connectivity index (χ0n) is 10.3. The first-order valence-corrected chi connectivity index (χ1v) is 5.53. The molecule has 1 heterocycles. The van der Waals surface area contributed by atoms with Crippen LogP contribution in [-0.4, -0.2) is 17.8 Å². The molecule has 1 aliphatic heterocycles. The topological polar surface area (TPSA) is 63.7 Å². The largest absolute Gasteiger partial charge is 0.423 e. The Hall–Kier alpha value is -2.69. The summed E-state index contributed by atoms with van der Waals surface area (Å²) >= 11 is 0. The number of esters is 1. The maximum atomic E-state index is 11.5. The fraction of sp³-hybridized carbons (Fsp3) is 0.0714. The fourth-order valence-corrected chi connectivity index (χ4v) is 1.53. The van der Waals surface area contributed by atoms with Gasteiger partial charge in [0.25, 0.3) is 11.8 Å². The van der Waals surface area contributed by atoms with Crippen molar-refractivity contribution in [2.45, 2.75) is 6.92 Å². The van der Waals surface area contributed by atoms with Gasteiger partial charge in [-0.1, -0.05) is 12.6 Å². The Morgan fingerprint density at radius 3 is 2.42 bits per heavy atom. The van der Waals surface area contributed by atoms with Crippen molar-refractivity contribution in [3.05, 3.63) is 48.6 Å². The van der Waals surface area contributed by atoms with E-state index in [1.54, 1.807) is 18.2 Å². The van der Waals surface area contributed by atoms with Crippen molar-refractivity contribution in [2.24, 2.45) is 0 Å². The molecule has 0 atom stereocenters. The van der Waals surface area contributed by atoms with Crippen molar-refractivity contribution in [2.75, 3.05) is 4.90 Å². The van der Waals surface area contributed by atoms with Gasteiger partial charge < -0.3 is 4.74 Å². The number of nitrogens with zero attached hydrogens (tertiary/aromatic N) is 1. The lowest BCUT2D eigenvalue weighted by atomic mass is 10.2. The standard InChI is InChI=1S/C14H11NO4/c1-9(2)14(18)19-11-5-3-4-10(8-11)15-12(16)6-7-13(15)17/h3-8H,1H2,2H3. The second kappa shape index (κ2) is 4.89. The molecule has 0 aliphatic carbocycles. The number of anilines is 1. The summed E-state index contributed by atoms with van der Waals surface area (Å²) in [5, 5.41) is 0. The first-order valence-electron chi connectivity index (χ1n) is 5.53. The minimum Gasteiger partial charge on any atom is -0.423 e. The summed E-state index contributed by atoms with van der Waals surface area (Å²) in [6.45, 7) is 5.00. The Labute approximate surface area is 109 Å². The molecule has 0 fully saturated rings. The van der Waals surface area contributed by atoms with E-state index in [0.717, 1.165) is 4.90 Å². The predicted octanol–water partition coefficient (Wildman–Crippen LogP) is 1.60. The van der Waals surface area contributed by atoms with Crippen LogP contribution in [0.3, 0.4) is 0 Å². The van der Waals surface area contributed by atoms with E-state index in [1.165, 1.54) is 25.1 Å². The van der Waals surface area contributed by atoms with Crippen molar-refractivity contribution >= 4 is 23.5 Å². The smallest absolute Gasteiger partial charge is 0.338 e. The van der Waals surface area contributed by atoms with Crippen molar-refractivity contribution < 1.29 is 19.1 Å². The lowest BCUT2D eigenvalue weighted by Gasteiger charge is -2.14. The van der Waals surface area contributed by atoms with E-state index in [0.29, 0.717) is 5.69 Å². The molecule has 96 valence electrons. The zero-order chi connectivity index (χ0) is 14.0. The quantitative estimate of drug-likeness (QED) is 0.357. The molecule has 19 heavy (non-hydrogen) atoms. The van der Waals surface area contributed by atoms with E-state index in [4.69, 9.17) is 4.74 Å². The van der Waals surface area contributed by atoms with Gasteiger partial charge in [0.1, 0.15) is 5.75 Å². The highest BCUT2D eigenvalue weighted by atomic mass is 16.5. The van der Waals surface area contributed by atoms with Crippen LogP contribution in [0.2, 0.25) is 0 Å². The molecule has 0 unspecified atom stereocenters. The highest BCUT2D eigenvalue weighted by Crippen LogP contribution is 2.24. The van der Waals surface area contributed by atoms with E-state index in [2.05, 4.69) is 6.58 Å². The average molecular weight is 257 g/mol. The van der Waals surface area contributed by atoms with Crippen molar-refractivity contribution in [1.82, 2.24) is 0 Å². The van der Waals surface area contributed by atoms with Gasteiger partial charge >= 0.3 is 5.97 Å². The SMILES string of the molecule is C=C(C)C(=O)Oc1cccc(N2C(=O)C=CC2=O)c1. The summed E-state index contributed by atoms with van der Waals surface area (Å²) in [5.41, 5.74) is 0.618. The van der Waals surface area contributed by atoms with Crippen molar-refractivity contribution in [1.29, 1.82) is 0 Å². The number of carbonyl (C=O) groups excluding carboxylic acids is 3. The number of ether oxygens (including phenoxy) is 1. The third-order valence-electron chi connectivity index (χ3n) is 2.44. The average Bonchev–Trinajstić information content (AvgIpc) is 2.69. The lowest BCUT2D eigenvalue weighted by molar-refractivity contribution is -0.130. The van der Waals surface area contributed by atoms with Crippen LogP contribution in [-0.2, 0) is 14.4 Å². The number of carbonyl (C=O) groups is 3. The predicted molar refractivity (Wildman–Crippen MR) is 68.5 cm³/mol. The van der Waals surface area contributed by atoms with Crippen LogP contribution in [0.25, 0.3) is 0 Å². The Bertz CT molecular complexity index is 598. The molecule has 0 spiro atoms. The molecule has 0 radical (unpaired) electrons. The Balaban J connectivity index is 2.25. The highest BCUT2D eigenvalue weighted by Gasteiger charge is 2.25. The summed E-state index contributed by atoms with van der Waals surface area (Å²) in [7, 11) is 0. The number of rotatable bonds is 3. The molecule has 0 saturated heterocycles. The summed E-state index contributed by atoms with van der Waals surface area (Å²) < 4.78 is 5.04. The molecule has 5 nitrogen and oxygen atoms in total. The third kappa shape index (κ3) is 2.60. The van der Waals surface area contributed by atoms with Gasteiger partial charge in [0, 0.05) is 23.8 Å². The molecule has 1 aliphatic rings. The minimum atomic E-state index is -0.561. The first-order chi connectivity index (χ1) is 8.99. The molecule has 0 aromatic heterocycles. The Kier molecular flexibility index (Phi) is 3.29. The van der Waals surface area contributed by atoms with Gasteiger partial charge in [-0.2, -0.15) is 0 Å². The fourth-order valence-electron chi connectivity index (χ4n) is 1.53. The second-order valence-corrected chi connectivity index (χ2v) is 4.01. The summed E-state index contributed by atoms with van der Waals surface area (Å²) in [6, 6.07) is 6.18. The molecule has 2 amide bonds. The maximum absolute atomic E-state index is 11.5. The first kappa shape index (κ1) is 12.8. The van der Waals surface area contributed by atoms with Crippen LogP contribution in [0.1, 0.15) is 6.92 Å². The number of hydrogen-bond donors (Lipinski definition) is 0. The molecule has 1 aromatic rings. The summed E-state index contributed by atoms with van der Waals surface area (Å²) in [4.78, 5) is 35.4. The molecule has 1 aromatic carbocycles. The van der Waals surface area contributed by atoms with E-state index < -0.39 is 17.8 Å². The van der Waals surface area contributed by atoms with Gasteiger partial charge in [-0.3, -0.25) is 9.59 Å². The van der Waals surface area contributed by atoms with Crippen LogP contribution in [0.5, 0.6) is 5.75 Å². The Morgan fingerprint density at radius 1 is 1.21 bits per heavy atom. The molecule has 0 saturated carbocycles. The van der Waals surface area contributed by atoms with Gasteiger partial charge in [-0.05, 0) is 19.1 Å². The van der Waals surface area contributed by atoms with E-state index in [9.17, 15) is 14.4 Å². The van der Waals surface area contributed by atoms with E-state index in [1.807, 2.05) is 0 Å². The summed E-state index contributed by atoms with van der Waals surface area (Å²) in [6.07, 6.45) is 2.38. The Morgan fingerprint density at radius 2 is 1.84 bits per heavy atom. The van der Waals surface area contributed by atoms with Gasteiger partial charge in [0.2, 0.25) is 0 Å². The number of imide groups is 1. The van der Waals surface area contributed by atoms with Crippen LogP contribution in [0.4, 0.5) is 5.69 Å². The molecular weight excluding hydrogens is 246 g/mol. The number of hydrogen-bond acceptors (Lipinski definition) is 4. The molecule has 5 heteroatoms. The van der Waals surface area contributed by atoms with Gasteiger partial charge in [0.05, 0.1) is 5.69 Å². The van der Waals surface area contributed by atoms with Crippen molar-refractivity contribution in [3.63, 3.8) is 0 Å². The summed E-state index contributed by atoms with van der Waals surface area (Å²) in [5.74, 6) is -1.16. The third-order valence-corrected chi connectivity index (χ3v) is 2.44. The zero-order valence-corrected chi connectivity index (χ0v) is 10.3. The van der Waals surface area contributed by atoms with E-state index in [-0.39, 0.29) is 11.3 Å². The van der Waals surface area contributed by atoms with E-state index >= 15 is 0 Å².